The number of para-hydroxylation sites is 1. The van der Waals surface area contributed by atoms with Gasteiger partial charge in [-0.05, 0) is 36.4 Å². The van der Waals surface area contributed by atoms with Crippen LogP contribution in [0.4, 0.5) is 11.4 Å². The number of rotatable bonds is 5. The highest BCUT2D eigenvalue weighted by atomic mass is 35.5. The lowest BCUT2D eigenvalue weighted by atomic mass is 10.3. The second kappa shape index (κ2) is 8.08. The summed E-state index contributed by atoms with van der Waals surface area (Å²) in [6.07, 6.45) is 0. The molecule has 0 aliphatic rings. The molecule has 3 rings (SSSR count). The molecule has 0 saturated carbocycles. The normalized spacial score (nSPS) is 11.2. The van der Waals surface area contributed by atoms with Gasteiger partial charge in [0.05, 0.1) is 25.5 Å². The summed E-state index contributed by atoms with van der Waals surface area (Å²) < 4.78 is 28.2. The molecular weight excluding hydrogens is 451 g/mol. The summed E-state index contributed by atoms with van der Waals surface area (Å²) in [6, 6.07) is 13.7. The molecule has 0 unspecified atom stereocenters. The SMILES string of the molecule is O=C(Nc1cccc(S(=O)(=O)Nc2ccccc2Cl)c1)c1cc(Cl)sc1Cl. The number of hydrogen-bond donors (Lipinski definition) is 2. The number of hydrogen-bond acceptors (Lipinski definition) is 4. The molecule has 2 aromatic carbocycles. The fourth-order valence-corrected chi connectivity index (χ4v) is 5.00. The summed E-state index contributed by atoms with van der Waals surface area (Å²) in [5.74, 6) is -0.489. The number of anilines is 2. The first-order valence-corrected chi connectivity index (χ1v) is 10.8. The van der Waals surface area contributed by atoms with Gasteiger partial charge in [-0.25, -0.2) is 8.42 Å². The molecule has 0 atom stereocenters. The highest BCUT2D eigenvalue weighted by molar-refractivity contribution is 7.92. The van der Waals surface area contributed by atoms with E-state index >= 15 is 0 Å². The maximum atomic E-state index is 12.6. The number of benzene rings is 2. The van der Waals surface area contributed by atoms with Crippen molar-refractivity contribution < 1.29 is 13.2 Å². The van der Waals surface area contributed by atoms with Gasteiger partial charge in [-0.15, -0.1) is 11.3 Å². The molecule has 0 spiro atoms. The molecule has 0 aliphatic heterocycles. The Balaban J connectivity index is 1.83. The molecule has 3 aromatic rings. The summed E-state index contributed by atoms with van der Waals surface area (Å²) in [4.78, 5) is 12.3. The topological polar surface area (TPSA) is 75.3 Å². The van der Waals surface area contributed by atoms with E-state index in [2.05, 4.69) is 10.0 Å². The van der Waals surface area contributed by atoms with Crippen LogP contribution < -0.4 is 10.0 Å². The summed E-state index contributed by atoms with van der Waals surface area (Å²) in [6.45, 7) is 0. The predicted octanol–water partition coefficient (Wildman–Crippen LogP) is 5.76. The van der Waals surface area contributed by atoms with Gasteiger partial charge >= 0.3 is 0 Å². The number of halogens is 3. The van der Waals surface area contributed by atoms with Crippen molar-refractivity contribution >= 4 is 73.4 Å². The minimum Gasteiger partial charge on any atom is -0.322 e. The zero-order chi connectivity index (χ0) is 19.6. The minimum absolute atomic E-state index is 0.0327. The first-order valence-electron chi connectivity index (χ1n) is 7.40. The van der Waals surface area contributed by atoms with E-state index in [1.807, 2.05) is 0 Å². The van der Waals surface area contributed by atoms with Crippen LogP contribution in [0.1, 0.15) is 10.4 Å². The number of carbonyl (C=O) groups excluding carboxylic acids is 1. The third kappa shape index (κ3) is 4.75. The largest absolute Gasteiger partial charge is 0.322 e. The van der Waals surface area contributed by atoms with Gasteiger partial charge in [-0.3, -0.25) is 9.52 Å². The van der Waals surface area contributed by atoms with Crippen molar-refractivity contribution in [3.63, 3.8) is 0 Å². The third-order valence-electron chi connectivity index (χ3n) is 3.42. The van der Waals surface area contributed by atoms with E-state index in [4.69, 9.17) is 34.8 Å². The standard InChI is InChI=1S/C17H11Cl3N2O3S2/c18-13-6-1-2-7-14(13)22-27(24,25)11-5-3-4-10(8-11)21-17(23)12-9-15(19)26-16(12)20/h1-9,22H,(H,21,23). The summed E-state index contributed by atoms with van der Waals surface area (Å²) in [5, 5.41) is 2.88. The van der Waals surface area contributed by atoms with Crippen molar-refractivity contribution in [3.05, 3.63) is 73.9 Å². The lowest BCUT2D eigenvalue weighted by Crippen LogP contribution is -2.15. The Morgan fingerprint density at radius 2 is 1.70 bits per heavy atom. The average Bonchev–Trinajstić information content (AvgIpc) is 2.95. The molecule has 0 aliphatic carbocycles. The van der Waals surface area contributed by atoms with Crippen LogP contribution in [-0.4, -0.2) is 14.3 Å². The molecule has 0 saturated heterocycles. The van der Waals surface area contributed by atoms with Crippen molar-refractivity contribution in [1.82, 2.24) is 0 Å². The Morgan fingerprint density at radius 1 is 0.963 bits per heavy atom. The monoisotopic (exact) mass is 460 g/mol. The van der Waals surface area contributed by atoms with Crippen molar-refractivity contribution in [2.24, 2.45) is 0 Å². The second-order valence-electron chi connectivity index (χ2n) is 5.31. The number of carbonyl (C=O) groups is 1. The fraction of sp³-hybridized carbons (Fsp3) is 0. The maximum absolute atomic E-state index is 12.6. The van der Waals surface area contributed by atoms with Crippen LogP contribution in [0.2, 0.25) is 13.7 Å². The van der Waals surface area contributed by atoms with Gasteiger partial charge in [0.2, 0.25) is 0 Å². The summed E-state index contributed by atoms with van der Waals surface area (Å²) in [7, 11) is -3.89. The molecule has 0 bridgehead atoms. The Hall–Kier alpha value is -1.77. The van der Waals surface area contributed by atoms with Crippen molar-refractivity contribution in [1.29, 1.82) is 0 Å². The molecule has 1 heterocycles. The minimum atomic E-state index is -3.89. The second-order valence-corrected chi connectivity index (χ2v) is 9.68. The lowest BCUT2D eigenvalue weighted by Gasteiger charge is -2.11. The lowest BCUT2D eigenvalue weighted by molar-refractivity contribution is 0.102. The van der Waals surface area contributed by atoms with Gasteiger partial charge in [0.15, 0.2) is 0 Å². The maximum Gasteiger partial charge on any atom is 0.262 e. The molecule has 0 fully saturated rings. The molecule has 2 N–H and O–H groups in total. The Morgan fingerprint density at radius 3 is 2.37 bits per heavy atom. The van der Waals surface area contributed by atoms with E-state index in [1.54, 1.807) is 30.3 Å². The number of nitrogens with one attached hydrogen (secondary N) is 2. The Labute approximate surface area is 174 Å². The van der Waals surface area contributed by atoms with E-state index in [0.717, 1.165) is 11.3 Å². The highest BCUT2D eigenvalue weighted by Gasteiger charge is 2.18. The van der Waals surface area contributed by atoms with Crippen molar-refractivity contribution in [2.45, 2.75) is 4.90 Å². The number of thiophene rings is 1. The van der Waals surface area contributed by atoms with Crippen LogP contribution in [0.15, 0.2) is 59.5 Å². The zero-order valence-corrected chi connectivity index (χ0v) is 17.3. The Bertz CT molecular complexity index is 1110. The first kappa shape index (κ1) is 20.0. The van der Waals surface area contributed by atoms with Crippen LogP contribution in [0.25, 0.3) is 0 Å². The predicted molar refractivity (Wildman–Crippen MR) is 111 cm³/mol. The van der Waals surface area contributed by atoms with Crippen LogP contribution in [0.3, 0.4) is 0 Å². The van der Waals surface area contributed by atoms with Gasteiger partial charge in [0.25, 0.3) is 15.9 Å². The van der Waals surface area contributed by atoms with Crippen LogP contribution in [-0.2, 0) is 10.0 Å². The van der Waals surface area contributed by atoms with Gasteiger partial charge in [-0.2, -0.15) is 0 Å². The third-order valence-corrected chi connectivity index (χ3v) is 6.60. The van der Waals surface area contributed by atoms with Crippen LogP contribution in [0, 0.1) is 0 Å². The van der Waals surface area contributed by atoms with Gasteiger partial charge < -0.3 is 5.32 Å². The summed E-state index contributed by atoms with van der Waals surface area (Å²) in [5.41, 5.74) is 0.767. The first-order chi connectivity index (χ1) is 12.8. The van der Waals surface area contributed by atoms with Gasteiger partial charge in [0, 0.05) is 5.69 Å². The molecule has 5 nitrogen and oxygen atoms in total. The highest BCUT2D eigenvalue weighted by Crippen LogP contribution is 2.32. The van der Waals surface area contributed by atoms with Crippen LogP contribution in [0.5, 0.6) is 0 Å². The van der Waals surface area contributed by atoms with E-state index in [-0.39, 0.29) is 25.5 Å². The van der Waals surface area contributed by atoms with E-state index < -0.39 is 15.9 Å². The number of sulfonamides is 1. The molecule has 0 radical (unpaired) electrons. The van der Waals surface area contributed by atoms with E-state index in [0.29, 0.717) is 10.0 Å². The van der Waals surface area contributed by atoms with Crippen LogP contribution >= 0.6 is 46.1 Å². The van der Waals surface area contributed by atoms with E-state index in [9.17, 15) is 13.2 Å². The Kier molecular flexibility index (Phi) is 5.98. The van der Waals surface area contributed by atoms with E-state index in [1.165, 1.54) is 24.3 Å². The average molecular weight is 462 g/mol. The zero-order valence-electron chi connectivity index (χ0n) is 13.4. The molecule has 140 valence electrons. The van der Waals surface area contributed by atoms with Crippen molar-refractivity contribution in [3.8, 4) is 0 Å². The molecular formula is C17H11Cl3N2O3S2. The molecule has 27 heavy (non-hydrogen) atoms. The molecule has 10 heteroatoms. The molecule has 1 aromatic heterocycles. The quantitative estimate of drug-likeness (QED) is 0.507. The van der Waals surface area contributed by atoms with Gasteiger partial charge in [-0.1, -0.05) is 53.0 Å². The fourth-order valence-electron chi connectivity index (χ4n) is 2.18. The number of amides is 1. The smallest absolute Gasteiger partial charge is 0.262 e. The van der Waals surface area contributed by atoms with Gasteiger partial charge in [0.1, 0.15) is 4.34 Å². The van der Waals surface area contributed by atoms with Crippen molar-refractivity contribution in [2.75, 3.05) is 10.0 Å². The summed E-state index contributed by atoms with van der Waals surface area (Å²) >= 11 is 18.9. The molecule has 1 amide bonds.